The maximum atomic E-state index is 12.6. The van der Waals surface area contributed by atoms with Crippen molar-refractivity contribution < 1.29 is 9.59 Å². The summed E-state index contributed by atoms with van der Waals surface area (Å²) in [6.07, 6.45) is 4.63. The van der Waals surface area contributed by atoms with Crippen LogP contribution in [-0.2, 0) is 11.3 Å². The molecule has 0 bridgehead atoms. The molecule has 3 rings (SSSR count). The Bertz CT molecular complexity index is 996. The van der Waals surface area contributed by atoms with Crippen LogP contribution in [0.25, 0.3) is 6.08 Å². The van der Waals surface area contributed by atoms with Crippen molar-refractivity contribution in [2.45, 2.75) is 27.3 Å². The molecule has 1 fully saturated rings. The van der Waals surface area contributed by atoms with E-state index < -0.39 is 0 Å². The highest BCUT2D eigenvalue weighted by Gasteiger charge is 2.24. The lowest BCUT2D eigenvalue weighted by Crippen LogP contribution is -2.50. The Balaban J connectivity index is 1.59. The van der Waals surface area contributed by atoms with Crippen LogP contribution < -0.4 is 5.56 Å². The Kier molecular flexibility index (Phi) is 6.77. The standard InChI is InChI=1S/C21H26ClN5O3/c1-14(2)13-27-20(22)17(15(3)24-27)5-7-19(29)25-8-10-26(11-9-25)21(30)16-4-6-18(28)23-12-16/h4-7,12,14H,8-11,13H2,1-3H3,(H,23,28)/b7-5+. The summed E-state index contributed by atoms with van der Waals surface area (Å²) in [4.78, 5) is 42.1. The van der Waals surface area contributed by atoms with Gasteiger partial charge in [0.25, 0.3) is 5.91 Å². The second kappa shape index (κ2) is 9.30. The average Bonchev–Trinajstić information content (AvgIpc) is 2.98. The van der Waals surface area contributed by atoms with Crippen LogP contribution in [0.3, 0.4) is 0 Å². The van der Waals surface area contributed by atoms with Crippen molar-refractivity contribution in [1.82, 2.24) is 24.6 Å². The van der Waals surface area contributed by atoms with Crippen LogP contribution in [0, 0.1) is 12.8 Å². The van der Waals surface area contributed by atoms with Gasteiger partial charge in [-0.3, -0.25) is 19.1 Å². The molecule has 30 heavy (non-hydrogen) atoms. The molecular formula is C21H26ClN5O3. The molecule has 0 unspecified atom stereocenters. The van der Waals surface area contributed by atoms with Gasteiger partial charge < -0.3 is 14.8 Å². The number of nitrogens with one attached hydrogen (secondary N) is 1. The summed E-state index contributed by atoms with van der Waals surface area (Å²) in [5, 5.41) is 4.98. The number of aryl methyl sites for hydroxylation is 1. The number of aromatic amines is 1. The van der Waals surface area contributed by atoms with E-state index in [1.807, 2.05) is 6.92 Å². The first-order valence-electron chi connectivity index (χ1n) is 9.94. The molecule has 1 aliphatic rings. The quantitative estimate of drug-likeness (QED) is 0.734. The predicted octanol–water partition coefficient (Wildman–Crippen LogP) is 2.19. The van der Waals surface area contributed by atoms with E-state index in [4.69, 9.17) is 11.6 Å². The summed E-state index contributed by atoms with van der Waals surface area (Å²) in [6.45, 7) is 8.52. The van der Waals surface area contributed by atoms with Crippen LogP contribution in [0.15, 0.2) is 29.2 Å². The van der Waals surface area contributed by atoms with Gasteiger partial charge in [0.2, 0.25) is 11.5 Å². The molecule has 9 heteroatoms. The molecule has 2 amide bonds. The molecule has 0 spiro atoms. The zero-order valence-electron chi connectivity index (χ0n) is 17.4. The summed E-state index contributed by atoms with van der Waals surface area (Å²) in [5.74, 6) is 0.127. The molecule has 2 aromatic heterocycles. The molecular weight excluding hydrogens is 406 g/mol. The van der Waals surface area contributed by atoms with Gasteiger partial charge in [0.15, 0.2) is 0 Å². The Labute approximate surface area is 180 Å². The van der Waals surface area contributed by atoms with Crippen molar-refractivity contribution in [2.24, 2.45) is 5.92 Å². The minimum Gasteiger partial charge on any atom is -0.336 e. The van der Waals surface area contributed by atoms with Crippen molar-refractivity contribution in [2.75, 3.05) is 26.2 Å². The molecule has 1 N–H and O–H groups in total. The summed E-state index contributed by atoms with van der Waals surface area (Å²) < 4.78 is 1.76. The number of piperazine rings is 1. The first kappa shape index (κ1) is 21.8. The van der Waals surface area contributed by atoms with Gasteiger partial charge in [0, 0.05) is 56.6 Å². The summed E-state index contributed by atoms with van der Waals surface area (Å²) in [6, 6.07) is 2.83. The normalized spacial score (nSPS) is 14.7. The van der Waals surface area contributed by atoms with Crippen LogP contribution >= 0.6 is 11.6 Å². The Morgan fingerprint density at radius 1 is 1.20 bits per heavy atom. The lowest BCUT2D eigenvalue weighted by Gasteiger charge is -2.34. The van der Waals surface area contributed by atoms with Crippen LogP contribution in [0.2, 0.25) is 5.15 Å². The minimum atomic E-state index is -0.251. The molecule has 0 aliphatic carbocycles. The zero-order chi connectivity index (χ0) is 21.8. The molecule has 3 heterocycles. The maximum absolute atomic E-state index is 12.6. The predicted molar refractivity (Wildman–Crippen MR) is 115 cm³/mol. The third-order valence-corrected chi connectivity index (χ3v) is 5.35. The Morgan fingerprint density at radius 3 is 2.47 bits per heavy atom. The fraction of sp³-hybridized carbons (Fsp3) is 0.429. The first-order chi connectivity index (χ1) is 14.3. The van der Waals surface area contributed by atoms with Crippen molar-refractivity contribution in [3.8, 4) is 0 Å². The Morgan fingerprint density at radius 2 is 1.87 bits per heavy atom. The van der Waals surface area contributed by atoms with Gasteiger partial charge >= 0.3 is 0 Å². The summed E-state index contributed by atoms with van der Waals surface area (Å²) >= 11 is 6.42. The molecule has 160 valence electrons. The van der Waals surface area contributed by atoms with Crippen molar-refractivity contribution in [1.29, 1.82) is 0 Å². The summed E-state index contributed by atoms with van der Waals surface area (Å²) in [7, 11) is 0. The molecule has 2 aromatic rings. The molecule has 8 nitrogen and oxygen atoms in total. The van der Waals surface area contributed by atoms with Crippen LogP contribution in [-0.4, -0.2) is 62.6 Å². The van der Waals surface area contributed by atoms with Crippen LogP contribution in [0.1, 0.15) is 35.5 Å². The number of H-pyrrole nitrogens is 1. The summed E-state index contributed by atoms with van der Waals surface area (Å²) in [5.41, 5.74) is 1.70. The number of rotatable bonds is 5. The van der Waals surface area contributed by atoms with E-state index in [0.29, 0.717) is 49.4 Å². The van der Waals surface area contributed by atoms with Crippen molar-refractivity contribution in [3.05, 3.63) is 56.7 Å². The zero-order valence-corrected chi connectivity index (χ0v) is 18.1. The van der Waals surface area contributed by atoms with Gasteiger partial charge in [0.05, 0.1) is 11.3 Å². The number of hydrogen-bond donors (Lipinski definition) is 1. The number of hydrogen-bond acceptors (Lipinski definition) is 4. The van der Waals surface area contributed by atoms with Crippen LogP contribution in [0.5, 0.6) is 0 Å². The fourth-order valence-corrected chi connectivity index (χ4v) is 3.65. The van der Waals surface area contributed by atoms with Crippen molar-refractivity contribution >= 4 is 29.5 Å². The van der Waals surface area contributed by atoms with Crippen molar-refractivity contribution in [3.63, 3.8) is 0 Å². The molecule has 0 saturated carbocycles. The Hall–Kier alpha value is -2.87. The molecule has 0 radical (unpaired) electrons. The third-order valence-electron chi connectivity index (χ3n) is 4.95. The van der Waals surface area contributed by atoms with Gasteiger partial charge in [-0.15, -0.1) is 0 Å². The third kappa shape index (κ3) is 4.99. The van der Waals surface area contributed by atoms with E-state index in [0.717, 1.165) is 11.3 Å². The SMILES string of the molecule is Cc1nn(CC(C)C)c(Cl)c1/C=C/C(=O)N1CCN(C(=O)c2ccc(=O)[nH]c2)CC1. The average molecular weight is 432 g/mol. The topological polar surface area (TPSA) is 91.3 Å². The van der Waals surface area contributed by atoms with E-state index in [1.54, 1.807) is 20.6 Å². The van der Waals surface area contributed by atoms with E-state index >= 15 is 0 Å². The first-order valence-corrected chi connectivity index (χ1v) is 10.3. The maximum Gasteiger partial charge on any atom is 0.255 e. The van der Waals surface area contributed by atoms with Gasteiger partial charge in [-0.2, -0.15) is 5.10 Å². The van der Waals surface area contributed by atoms with E-state index in [-0.39, 0.29) is 17.4 Å². The van der Waals surface area contributed by atoms with Gasteiger partial charge in [-0.25, -0.2) is 0 Å². The van der Waals surface area contributed by atoms with E-state index in [9.17, 15) is 14.4 Å². The molecule has 1 saturated heterocycles. The second-order valence-electron chi connectivity index (χ2n) is 7.76. The van der Waals surface area contributed by atoms with Crippen LogP contribution in [0.4, 0.5) is 0 Å². The minimum absolute atomic E-state index is 0.127. The lowest BCUT2D eigenvalue weighted by molar-refractivity contribution is -0.127. The molecule has 1 aliphatic heterocycles. The number of carbonyl (C=O) groups is 2. The monoisotopic (exact) mass is 431 g/mol. The highest BCUT2D eigenvalue weighted by atomic mass is 35.5. The number of halogens is 1. The lowest BCUT2D eigenvalue weighted by atomic mass is 10.2. The number of carbonyl (C=O) groups excluding carboxylic acids is 2. The van der Waals surface area contributed by atoms with E-state index in [1.165, 1.54) is 24.4 Å². The smallest absolute Gasteiger partial charge is 0.255 e. The van der Waals surface area contributed by atoms with Gasteiger partial charge in [-0.05, 0) is 25.0 Å². The van der Waals surface area contributed by atoms with Gasteiger partial charge in [0.1, 0.15) is 5.15 Å². The largest absolute Gasteiger partial charge is 0.336 e. The molecule has 0 atom stereocenters. The number of nitrogens with zero attached hydrogens (tertiary/aromatic N) is 4. The fourth-order valence-electron chi connectivity index (χ4n) is 3.34. The molecule has 0 aromatic carbocycles. The number of pyridine rings is 1. The van der Waals surface area contributed by atoms with Gasteiger partial charge in [-0.1, -0.05) is 25.4 Å². The number of aromatic nitrogens is 3. The second-order valence-corrected chi connectivity index (χ2v) is 8.12. The highest BCUT2D eigenvalue weighted by Crippen LogP contribution is 2.22. The highest BCUT2D eigenvalue weighted by molar-refractivity contribution is 6.31. The number of amides is 2. The van der Waals surface area contributed by atoms with E-state index in [2.05, 4.69) is 23.9 Å².